The molecule has 1 aromatic heterocycles. The fraction of sp³-hybridized carbons (Fsp3) is 0.467. The molecular weight excluding hydrogens is 238 g/mol. The van der Waals surface area contributed by atoms with Gasteiger partial charge in [0.1, 0.15) is 0 Å². The van der Waals surface area contributed by atoms with E-state index in [4.69, 9.17) is 4.74 Å². The van der Waals surface area contributed by atoms with Gasteiger partial charge in [-0.25, -0.2) is 0 Å². The summed E-state index contributed by atoms with van der Waals surface area (Å²) in [7, 11) is 0. The molecule has 1 aliphatic heterocycles. The van der Waals surface area contributed by atoms with Gasteiger partial charge in [-0.2, -0.15) is 5.10 Å². The summed E-state index contributed by atoms with van der Waals surface area (Å²) in [4.78, 5) is 0. The van der Waals surface area contributed by atoms with E-state index in [1.165, 1.54) is 5.39 Å². The lowest BCUT2D eigenvalue weighted by atomic mass is 10.0. The number of fused-ring (bicyclic) bond motifs is 1. The Morgan fingerprint density at radius 3 is 2.79 bits per heavy atom. The predicted octanol–water partition coefficient (Wildman–Crippen LogP) is 2.92. The first-order chi connectivity index (χ1) is 9.24. The normalized spacial score (nSPS) is 23.5. The van der Waals surface area contributed by atoms with Crippen LogP contribution in [-0.2, 0) is 4.74 Å². The fourth-order valence-electron chi connectivity index (χ4n) is 2.67. The molecule has 0 spiro atoms. The first kappa shape index (κ1) is 12.4. The van der Waals surface area contributed by atoms with Crippen LogP contribution in [0.15, 0.2) is 24.3 Å². The molecule has 0 aliphatic carbocycles. The summed E-state index contributed by atoms with van der Waals surface area (Å²) in [5.74, 6) is 0.889. The van der Waals surface area contributed by atoms with Gasteiger partial charge in [-0.05, 0) is 26.7 Å². The highest BCUT2D eigenvalue weighted by Crippen LogP contribution is 2.25. The van der Waals surface area contributed by atoms with E-state index in [1.54, 1.807) is 0 Å². The number of aryl methyl sites for hydroxylation is 1. The highest BCUT2D eigenvalue weighted by atomic mass is 16.5. The highest BCUT2D eigenvalue weighted by Gasteiger charge is 2.20. The Balaban J connectivity index is 1.90. The van der Waals surface area contributed by atoms with E-state index < -0.39 is 0 Å². The first-order valence-corrected chi connectivity index (χ1v) is 6.84. The van der Waals surface area contributed by atoms with E-state index >= 15 is 0 Å². The Morgan fingerprint density at radius 1 is 1.21 bits per heavy atom. The Hall–Kier alpha value is -1.68. The van der Waals surface area contributed by atoms with Crippen molar-refractivity contribution >= 4 is 16.6 Å². The van der Waals surface area contributed by atoms with Gasteiger partial charge >= 0.3 is 0 Å². The number of aromatic nitrogens is 2. The van der Waals surface area contributed by atoms with Crippen LogP contribution in [-0.4, -0.2) is 29.0 Å². The molecule has 100 valence electrons. The highest BCUT2D eigenvalue weighted by molar-refractivity contribution is 5.92. The molecule has 19 heavy (non-hydrogen) atoms. The zero-order valence-corrected chi connectivity index (χ0v) is 11.4. The van der Waals surface area contributed by atoms with Gasteiger partial charge in [0.05, 0.1) is 11.8 Å². The quantitative estimate of drug-likeness (QED) is 0.898. The van der Waals surface area contributed by atoms with E-state index in [2.05, 4.69) is 34.6 Å². The van der Waals surface area contributed by atoms with Gasteiger partial charge in [-0.15, -0.1) is 5.10 Å². The van der Waals surface area contributed by atoms with Crippen LogP contribution in [0.5, 0.6) is 0 Å². The van der Waals surface area contributed by atoms with Gasteiger partial charge in [0.25, 0.3) is 0 Å². The van der Waals surface area contributed by atoms with Crippen LogP contribution in [0.3, 0.4) is 0 Å². The van der Waals surface area contributed by atoms with Crippen molar-refractivity contribution < 1.29 is 4.74 Å². The van der Waals surface area contributed by atoms with E-state index in [0.717, 1.165) is 36.3 Å². The number of rotatable bonds is 2. The second-order valence-corrected chi connectivity index (χ2v) is 5.23. The lowest BCUT2D eigenvalue weighted by Crippen LogP contribution is -2.32. The van der Waals surface area contributed by atoms with Gasteiger partial charge < -0.3 is 10.1 Å². The summed E-state index contributed by atoms with van der Waals surface area (Å²) in [6.45, 7) is 4.93. The van der Waals surface area contributed by atoms with Crippen LogP contribution in [0.25, 0.3) is 10.8 Å². The second-order valence-electron chi connectivity index (χ2n) is 5.23. The van der Waals surface area contributed by atoms with E-state index in [9.17, 15) is 0 Å². The monoisotopic (exact) mass is 257 g/mol. The van der Waals surface area contributed by atoms with Crippen LogP contribution < -0.4 is 5.32 Å². The molecule has 1 aliphatic rings. The van der Waals surface area contributed by atoms with E-state index in [0.29, 0.717) is 12.1 Å². The lowest BCUT2D eigenvalue weighted by molar-refractivity contribution is 0.0232. The van der Waals surface area contributed by atoms with Crippen LogP contribution in [0.4, 0.5) is 5.82 Å². The molecule has 2 atom stereocenters. The third-order valence-electron chi connectivity index (χ3n) is 3.70. The molecule has 4 nitrogen and oxygen atoms in total. The second kappa shape index (κ2) is 5.13. The fourth-order valence-corrected chi connectivity index (χ4v) is 2.67. The van der Waals surface area contributed by atoms with Crippen LogP contribution in [0, 0.1) is 6.92 Å². The van der Waals surface area contributed by atoms with Crippen molar-refractivity contribution in [1.82, 2.24) is 10.2 Å². The maximum Gasteiger partial charge on any atom is 0.156 e. The lowest BCUT2D eigenvalue weighted by Gasteiger charge is -2.28. The standard InChI is InChI=1S/C15H19N3O/c1-10-9-12(7-8-19-10)16-15-14-6-4-3-5-13(14)11(2)17-18-15/h3-6,10,12H,7-9H2,1-2H3,(H,16,18). The smallest absolute Gasteiger partial charge is 0.156 e. The average molecular weight is 257 g/mol. The van der Waals surface area contributed by atoms with E-state index in [1.807, 2.05) is 19.1 Å². The molecule has 0 bridgehead atoms. The Kier molecular flexibility index (Phi) is 3.34. The Bertz CT molecular complexity index is 585. The van der Waals surface area contributed by atoms with Crippen LogP contribution >= 0.6 is 0 Å². The van der Waals surface area contributed by atoms with Crippen molar-refractivity contribution in [2.75, 3.05) is 11.9 Å². The summed E-state index contributed by atoms with van der Waals surface area (Å²) < 4.78 is 5.58. The Labute approximate surface area is 113 Å². The molecule has 2 aromatic rings. The largest absolute Gasteiger partial charge is 0.378 e. The molecule has 2 heterocycles. The Morgan fingerprint density at radius 2 is 2.00 bits per heavy atom. The molecular formula is C15H19N3O. The number of nitrogens with one attached hydrogen (secondary N) is 1. The zero-order chi connectivity index (χ0) is 13.2. The number of nitrogens with zero attached hydrogens (tertiary/aromatic N) is 2. The minimum atomic E-state index is 0.316. The van der Waals surface area contributed by atoms with Gasteiger partial charge in [-0.3, -0.25) is 0 Å². The van der Waals surface area contributed by atoms with Crippen molar-refractivity contribution in [3.63, 3.8) is 0 Å². The molecule has 1 N–H and O–H groups in total. The van der Waals surface area contributed by atoms with E-state index in [-0.39, 0.29) is 0 Å². The third kappa shape index (κ3) is 2.54. The topological polar surface area (TPSA) is 47.0 Å². The van der Waals surface area contributed by atoms with Crippen molar-refractivity contribution in [1.29, 1.82) is 0 Å². The molecule has 1 saturated heterocycles. The van der Waals surface area contributed by atoms with Gasteiger partial charge in [-0.1, -0.05) is 24.3 Å². The minimum Gasteiger partial charge on any atom is -0.378 e. The maximum atomic E-state index is 5.58. The SMILES string of the molecule is Cc1nnc(NC2CCOC(C)C2)c2ccccc12. The zero-order valence-electron chi connectivity index (χ0n) is 11.4. The van der Waals surface area contributed by atoms with Gasteiger partial charge in [0.15, 0.2) is 5.82 Å². The molecule has 0 saturated carbocycles. The minimum absolute atomic E-state index is 0.316. The molecule has 1 aromatic carbocycles. The summed E-state index contributed by atoms with van der Waals surface area (Å²) in [5.41, 5.74) is 0.974. The molecule has 4 heteroatoms. The van der Waals surface area contributed by atoms with Gasteiger partial charge in [0, 0.05) is 23.4 Å². The number of ether oxygens (including phenoxy) is 1. The molecule has 2 unspecified atom stereocenters. The van der Waals surface area contributed by atoms with Crippen molar-refractivity contribution in [3.05, 3.63) is 30.0 Å². The molecule has 0 amide bonds. The maximum absolute atomic E-state index is 5.58. The third-order valence-corrected chi connectivity index (χ3v) is 3.70. The first-order valence-electron chi connectivity index (χ1n) is 6.84. The summed E-state index contributed by atoms with van der Waals surface area (Å²) in [6.07, 6.45) is 2.36. The van der Waals surface area contributed by atoms with Crippen molar-refractivity contribution in [3.8, 4) is 0 Å². The molecule has 1 fully saturated rings. The predicted molar refractivity (Wildman–Crippen MR) is 76.3 cm³/mol. The summed E-state index contributed by atoms with van der Waals surface area (Å²) in [5, 5.41) is 14.4. The molecule has 0 radical (unpaired) electrons. The number of benzene rings is 1. The van der Waals surface area contributed by atoms with Crippen molar-refractivity contribution in [2.45, 2.75) is 38.8 Å². The number of hydrogen-bond acceptors (Lipinski definition) is 4. The number of hydrogen-bond donors (Lipinski definition) is 1. The number of anilines is 1. The summed E-state index contributed by atoms with van der Waals surface area (Å²) >= 11 is 0. The molecule has 3 rings (SSSR count). The summed E-state index contributed by atoms with van der Waals surface area (Å²) in [6, 6.07) is 8.70. The van der Waals surface area contributed by atoms with Crippen LogP contribution in [0.1, 0.15) is 25.5 Å². The van der Waals surface area contributed by atoms with Gasteiger partial charge in [0.2, 0.25) is 0 Å². The van der Waals surface area contributed by atoms with Crippen LogP contribution in [0.2, 0.25) is 0 Å². The van der Waals surface area contributed by atoms with Crippen molar-refractivity contribution in [2.24, 2.45) is 0 Å². The average Bonchev–Trinajstić information content (AvgIpc) is 2.42.